The molecule has 4 heteroatoms. The number of aromatic nitrogens is 1. The van der Waals surface area contributed by atoms with Crippen LogP contribution in [0, 0.1) is 5.82 Å². The van der Waals surface area contributed by atoms with E-state index in [2.05, 4.69) is 34.6 Å². The monoisotopic (exact) mass is 245 g/mol. The lowest BCUT2D eigenvalue weighted by Gasteiger charge is -2.06. The molecule has 0 aliphatic heterocycles. The van der Waals surface area contributed by atoms with Crippen molar-refractivity contribution in [3.05, 3.63) is 59.5 Å². The third kappa shape index (κ3) is 3.53. The number of benzene rings is 1. The largest absolute Gasteiger partial charge is 0.366 e. The number of anilines is 1. The van der Waals surface area contributed by atoms with E-state index in [1.54, 1.807) is 6.07 Å². The van der Waals surface area contributed by atoms with Gasteiger partial charge >= 0.3 is 0 Å². The average molecular weight is 245 g/mol. The Morgan fingerprint density at radius 3 is 2.39 bits per heavy atom. The number of hydrogen-bond acceptors (Lipinski definition) is 3. The van der Waals surface area contributed by atoms with Crippen molar-refractivity contribution in [1.29, 1.82) is 0 Å². The Labute approximate surface area is 106 Å². The molecule has 0 saturated carbocycles. The number of nitrogens with one attached hydrogen (secondary N) is 1. The van der Waals surface area contributed by atoms with Crippen molar-refractivity contribution in [1.82, 2.24) is 4.98 Å². The van der Waals surface area contributed by atoms with E-state index in [9.17, 15) is 4.39 Å². The average Bonchev–Trinajstić information content (AvgIpc) is 2.40. The summed E-state index contributed by atoms with van der Waals surface area (Å²) in [5.74, 6) is 0.342. The molecule has 0 saturated heterocycles. The molecule has 18 heavy (non-hydrogen) atoms. The fourth-order valence-corrected chi connectivity index (χ4v) is 1.66. The number of hydrogen-bond donors (Lipinski definition) is 2. The van der Waals surface area contributed by atoms with Gasteiger partial charge in [0, 0.05) is 6.54 Å². The van der Waals surface area contributed by atoms with E-state index in [-0.39, 0.29) is 5.82 Å². The highest BCUT2D eigenvalue weighted by Crippen LogP contribution is 2.08. The van der Waals surface area contributed by atoms with Crippen LogP contribution in [0.2, 0.25) is 0 Å². The molecule has 94 valence electrons. The predicted octanol–water partition coefficient (Wildman–Crippen LogP) is 2.33. The van der Waals surface area contributed by atoms with Gasteiger partial charge in [-0.1, -0.05) is 24.3 Å². The maximum atomic E-state index is 12.7. The van der Waals surface area contributed by atoms with Gasteiger partial charge in [-0.15, -0.1) is 0 Å². The van der Waals surface area contributed by atoms with Crippen molar-refractivity contribution >= 4 is 5.82 Å². The molecule has 1 heterocycles. The normalized spacial score (nSPS) is 10.3. The van der Waals surface area contributed by atoms with Gasteiger partial charge < -0.3 is 11.1 Å². The SMILES string of the molecule is NCCc1ccc(CNc2ccc(F)cn2)cc1. The minimum Gasteiger partial charge on any atom is -0.366 e. The molecule has 2 aromatic rings. The molecule has 3 N–H and O–H groups in total. The molecular formula is C14H16FN3. The van der Waals surface area contributed by atoms with E-state index in [0.717, 1.165) is 12.0 Å². The summed E-state index contributed by atoms with van der Waals surface area (Å²) in [4.78, 5) is 3.94. The Morgan fingerprint density at radius 2 is 1.78 bits per heavy atom. The number of pyridine rings is 1. The highest BCUT2D eigenvalue weighted by atomic mass is 19.1. The van der Waals surface area contributed by atoms with E-state index >= 15 is 0 Å². The summed E-state index contributed by atoms with van der Waals surface area (Å²) in [5, 5.41) is 3.14. The lowest BCUT2D eigenvalue weighted by Crippen LogP contribution is -2.04. The molecular weight excluding hydrogens is 229 g/mol. The molecule has 0 unspecified atom stereocenters. The number of nitrogens with zero attached hydrogens (tertiary/aromatic N) is 1. The van der Waals surface area contributed by atoms with Gasteiger partial charge in [0.05, 0.1) is 6.20 Å². The first-order valence-electron chi connectivity index (χ1n) is 5.91. The number of nitrogens with two attached hydrogens (primary N) is 1. The van der Waals surface area contributed by atoms with Crippen LogP contribution < -0.4 is 11.1 Å². The third-order valence-electron chi connectivity index (χ3n) is 2.66. The third-order valence-corrected chi connectivity index (χ3v) is 2.66. The zero-order chi connectivity index (χ0) is 12.8. The zero-order valence-corrected chi connectivity index (χ0v) is 10.1. The van der Waals surface area contributed by atoms with Crippen LogP contribution in [0.25, 0.3) is 0 Å². The molecule has 0 fully saturated rings. The number of halogens is 1. The molecule has 3 nitrogen and oxygen atoms in total. The van der Waals surface area contributed by atoms with Crippen molar-refractivity contribution in [2.24, 2.45) is 5.73 Å². The summed E-state index contributed by atoms with van der Waals surface area (Å²) in [6, 6.07) is 11.3. The van der Waals surface area contributed by atoms with Crippen molar-refractivity contribution in [2.45, 2.75) is 13.0 Å². The van der Waals surface area contributed by atoms with Crippen molar-refractivity contribution in [3.63, 3.8) is 0 Å². The second-order valence-corrected chi connectivity index (χ2v) is 4.07. The van der Waals surface area contributed by atoms with Crippen LogP contribution in [-0.2, 0) is 13.0 Å². The minimum atomic E-state index is -0.327. The standard InChI is InChI=1S/C14H16FN3/c15-13-5-6-14(18-10-13)17-9-12-3-1-11(2-4-12)7-8-16/h1-6,10H,7-9,16H2,(H,17,18). The van der Waals surface area contributed by atoms with Gasteiger partial charge in [-0.05, 0) is 36.2 Å². The fraction of sp³-hybridized carbons (Fsp3) is 0.214. The molecule has 0 aliphatic rings. The van der Waals surface area contributed by atoms with Crippen LogP contribution in [0.3, 0.4) is 0 Å². The van der Waals surface area contributed by atoms with Gasteiger partial charge in [0.1, 0.15) is 11.6 Å². The van der Waals surface area contributed by atoms with Crippen LogP contribution in [0.15, 0.2) is 42.6 Å². The van der Waals surface area contributed by atoms with Crippen LogP contribution in [0.4, 0.5) is 10.2 Å². The van der Waals surface area contributed by atoms with E-state index in [0.29, 0.717) is 18.9 Å². The molecule has 0 spiro atoms. The molecule has 0 amide bonds. The van der Waals surface area contributed by atoms with Crippen molar-refractivity contribution in [3.8, 4) is 0 Å². The highest BCUT2D eigenvalue weighted by Gasteiger charge is 1.97. The zero-order valence-electron chi connectivity index (χ0n) is 10.1. The van der Waals surface area contributed by atoms with Crippen LogP contribution >= 0.6 is 0 Å². The molecule has 0 radical (unpaired) electrons. The molecule has 2 rings (SSSR count). The van der Waals surface area contributed by atoms with Crippen molar-refractivity contribution in [2.75, 3.05) is 11.9 Å². The lowest BCUT2D eigenvalue weighted by atomic mass is 10.1. The van der Waals surface area contributed by atoms with Gasteiger partial charge in [-0.3, -0.25) is 0 Å². The van der Waals surface area contributed by atoms with Gasteiger partial charge in [-0.2, -0.15) is 0 Å². The summed E-state index contributed by atoms with van der Waals surface area (Å²) in [5.41, 5.74) is 7.89. The highest BCUT2D eigenvalue weighted by molar-refractivity contribution is 5.35. The maximum Gasteiger partial charge on any atom is 0.141 e. The maximum absolute atomic E-state index is 12.7. The van der Waals surface area contributed by atoms with Crippen molar-refractivity contribution < 1.29 is 4.39 Å². The van der Waals surface area contributed by atoms with Gasteiger partial charge in [0.2, 0.25) is 0 Å². The molecule has 0 aliphatic carbocycles. The molecule has 0 atom stereocenters. The Hall–Kier alpha value is -1.94. The second-order valence-electron chi connectivity index (χ2n) is 4.07. The lowest BCUT2D eigenvalue weighted by molar-refractivity contribution is 0.621. The van der Waals surface area contributed by atoms with Gasteiger partial charge in [-0.25, -0.2) is 9.37 Å². The quantitative estimate of drug-likeness (QED) is 0.850. The van der Waals surface area contributed by atoms with Crippen LogP contribution in [0.5, 0.6) is 0 Å². The van der Waals surface area contributed by atoms with E-state index in [1.807, 2.05) is 0 Å². The summed E-state index contributed by atoms with van der Waals surface area (Å²) in [6.07, 6.45) is 2.10. The van der Waals surface area contributed by atoms with Gasteiger partial charge in [0.25, 0.3) is 0 Å². The Morgan fingerprint density at radius 1 is 1.06 bits per heavy atom. The van der Waals surface area contributed by atoms with Crippen LogP contribution in [-0.4, -0.2) is 11.5 Å². The Balaban J connectivity index is 1.91. The Bertz CT molecular complexity index is 479. The van der Waals surface area contributed by atoms with E-state index < -0.39 is 0 Å². The first-order valence-corrected chi connectivity index (χ1v) is 5.91. The second kappa shape index (κ2) is 6.12. The minimum absolute atomic E-state index is 0.327. The fourth-order valence-electron chi connectivity index (χ4n) is 1.66. The van der Waals surface area contributed by atoms with E-state index in [4.69, 9.17) is 5.73 Å². The van der Waals surface area contributed by atoms with E-state index in [1.165, 1.54) is 17.8 Å². The first kappa shape index (κ1) is 12.5. The summed E-state index contributed by atoms with van der Waals surface area (Å²) >= 11 is 0. The Kier molecular flexibility index (Phi) is 4.25. The smallest absolute Gasteiger partial charge is 0.141 e. The number of rotatable bonds is 5. The van der Waals surface area contributed by atoms with Gasteiger partial charge in [0.15, 0.2) is 0 Å². The van der Waals surface area contributed by atoms with Crippen LogP contribution in [0.1, 0.15) is 11.1 Å². The predicted molar refractivity (Wildman–Crippen MR) is 70.7 cm³/mol. The first-order chi connectivity index (χ1) is 8.78. The molecule has 0 bridgehead atoms. The molecule has 1 aromatic carbocycles. The topological polar surface area (TPSA) is 50.9 Å². The summed E-state index contributed by atoms with van der Waals surface area (Å²) < 4.78 is 12.7. The molecule has 1 aromatic heterocycles. The summed E-state index contributed by atoms with van der Waals surface area (Å²) in [7, 11) is 0. The summed E-state index contributed by atoms with van der Waals surface area (Å²) in [6.45, 7) is 1.33.